The van der Waals surface area contributed by atoms with E-state index in [0.29, 0.717) is 12.5 Å². The fraction of sp³-hybridized carbons (Fsp3) is 1.00. The van der Waals surface area contributed by atoms with E-state index < -0.39 is 0 Å². The molecule has 3 heteroatoms. The van der Waals surface area contributed by atoms with E-state index >= 15 is 0 Å². The smallest absolute Gasteiger partial charge is 0.0466 e. The summed E-state index contributed by atoms with van der Waals surface area (Å²) in [4.78, 5) is 0. The highest BCUT2D eigenvalue weighted by atomic mass is 19.0. The molecule has 0 radical (unpaired) electrons. The van der Waals surface area contributed by atoms with Crippen LogP contribution in [-0.2, 0) is 4.74 Å². The van der Waals surface area contributed by atoms with Crippen molar-refractivity contribution in [2.45, 2.75) is 39.5 Å². The Morgan fingerprint density at radius 3 is 1.77 bits per heavy atom. The van der Waals surface area contributed by atoms with Crippen molar-refractivity contribution in [3.8, 4) is 0 Å². The molecule has 13 heavy (non-hydrogen) atoms. The fourth-order valence-electron chi connectivity index (χ4n) is 0.945. The summed E-state index contributed by atoms with van der Waals surface area (Å²) < 4.78 is 5.07. The third kappa shape index (κ3) is 14.7. The zero-order chi connectivity index (χ0) is 9.23. The number of rotatable bonds is 2. The molecule has 0 spiro atoms. The maximum absolute atomic E-state index is 8.24. The van der Waals surface area contributed by atoms with E-state index in [1.54, 1.807) is 0 Å². The van der Waals surface area contributed by atoms with Crippen molar-refractivity contribution in [1.82, 2.24) is 0 Å². The van der Waals surface area contributed by atoms with Crippen LogP contribution >= 0.6 is 0 Å². The van der Waals surface area contributed by atoms with Gasteiger partial charge in [-0.2, -0.15) is 0 Å². The number of halogens is 1. The highest BCUT2D eigenvalue weighted by Gasteiger charge is 1.95. The Hall–Kier alpha value is -0.150. The fourth-order valence-corrected chi connectivity index (χ4v) is 0.945. The number of ether oxygens (including phenoxy) is 1. The monoisotopic (exact) mass is 194 g/mol. The molecule has 0 aromatic rings. The van der Waals surface area contributed by atoms with Gasteiger partial charge in [-0.3, -0.25) is 4.70 Å². The third-order valence-corrected chi connectivity index (χ3v) is 1.78. The molecule has 0 saturated carbocycles. The Morgan fingerprint density at radius 1 is 1.15 bits per heavy atom. The van der Waals surface area contributed by atoms with Crippen molar-refractivity contribution in [3.63, 3.8) is 0 Å². The van der Waals surface area contributed by atoms with Crippen LogP contribution in [0.25, 0.3) is 0 Å². The Kier molecular flexibility index (Phi) is 14.0. The molecular weight excluding hydrogens is 171 g/mol. The first kappa shape index (κ1) is 15.3. The van der Waals surface area contributed by atoms with Gasteiger partial charge in [-0.05, 0) is 31.6 Å². The van der Waals surface area contributed by atoms with Gasteiger partial charge in [-0.25, -0.2) is 0 Å². The van der Waals surface area contributed by atoms with Gasteiger partial charge in [0.25, 0.3) is 0 Å². The van der Waals surface area contributed by atoms with Gasteiger partial charge >= 0.3 is 0 Å². The van der Waals surface area contributed by atoms with E-state index in [9.17, 15) is 0 Å². The van der Waals surface area contributed by atoms with Crippen LogP contribution in [0.3, 0.4) is 0 Å². The van der Waals surface area contributed by atoms with Gasteiger partial charge in [-0.15, -0.1) is 0 Å². The molecule has 1 rings (SSSR count). The summed E-state index contributed by atoms with van der Waals surface area (Å²) in [5, 5.41) is 8.24. The van der Waals surface area contributed by atoms with Crippen molar-refractivity contribution in [2.75, 3.05) is 19.8 Å². The molecule has 82 valence electrons. The molecule has 1 aliphatic rings. The van der Waals surface area contributed by atoms with Gasteiger partial charge in [0.05, 0.1) is 0 Å². The minimum absolute atomic E-state index is 0. The second-order valence-corrected chi connectivity index (χ2v) is 3.58. The average Bonchev–Trinajstić information content (AvgIpc) is 2.08. The molecule has 1 fully saturated rings. The predicted molar refractivity (Wildman–Crippen MR) is 53.7 cm³/mol. The van der Waals surface area contributed by atoms with Crippen LogP contribution in [0.4, 0.5) is 4.70 Å². The summed E-state index contributed by atoms with van der Waals surface area (Å²) in [6, 6.07) is 0. The van der Waals surface area contributed by atoms with E-state index in [0.717, 1.165) is 19.6 Å². The lowest BCUT2D eigenvalue weighted by Gasteiger charge is -2.08. The van der Waals surface area contributed by atoms with Crippen molar-refractivity contribution in [2.24, 2.45) is 5.92 Å². The summed E-state index contributed by atoms with van der Waals surface area (Å²) in [5.41, 5.74) is 0. The first-order chi connectivity index (χ1) is 5.77. The van der Waals surface area contributed by atoms with Crippen LogP contribution in [-0.4, -0.2) is 24.9 Å². The summed E-state index contributed by atoms with van der Waals surface area (Å²) >= 11 is 0. The molecule has 0 aromatic heterocycles. The van der Waals surface area contributed by atoms with Crippen LogP contribution in [0, 0.1) is 5.92 Å². The van der Waals surface area contributed by atoms with Crippen molar-refractivity contribution < 1.29 is 14.5 Å². The molecule has 0 aliphatic carbocycles. The number of aliphatic hydroxyl groups is 1. The van der Waals surface area contributed by atoms with E-state index in [2.05, 4.69) is 13.8 Å². The number of aliphatic hydroxyl groups excluding tert-OH is 1. The van der Waals surface area contributed by atoms with Crippen LogP contribution < -0.4 is 0 Å². The van der Waals surface area contributed by atoms with Gasteiger partial charge in [0.1, 0.15) is 0 Å². The van der Waals surface area contributed by atoms with E-state index in [1.807, 2.05) is 0 Å². The SMILES string of the molecule is C1CCOCC1.CC(C)CCO.F. The van der Waals surface area contributed by atoms with Crippen LogP contribution in [0.5, 0.6) is 0 Å². The van der Waals surface area contributed by atoms with Crippen LogP contribution in [0.15, 0.2) is 0 Å². The zero-order valence-electron chi connectivity index (χ0n) is 8.79. The van der Waals surface area contributed by atoms with E-state index in [1.165, 1.54) is 19.3 Å². The second-order valence-electron chi connectivity index (χ2n) is 3.58. The predicted octanol–water partition coefficient (Wildman–Crippen LogP) is 2.36. The van der Waals surface area contributed by atoms with Crippen molar-refractivity contribution in [1.29, 1.82) is 0 Å². The largest absolute Gasteiger partial charge is 0.396 e. The average molecular weight is 194 g/mol. The van der Waals surface area contributed by atoms with Gasteiger partial charge in [-0.1, -0.05) is 13.8 Å². The normalized spacial score (nSPS) is 15.7. The molecule has 2 nitrogen and oxygen atoms in total. The molecule has 0 amide bonds. The lowest BCUT2D eigenvalue weighted by atomic mass is 10.2. The van der Waals surface area contributed by atoms with E-state index in [4.69, 9.17) is 9.84 Å². The molecule has 1 heterocycles. The summed E-state index contributed by atoms with van der Waals surface area (Å²) in [5.74, 6) is 0.648. The van der Waals surface area contributed by atoms with Crippen molar-refractivity contribution >= 4 is 0 Å². The van der Waals surface area contributed by atoms with Gasteiger partial charge in [0.2, 0.25) is 0 Å². The Balaban J connectivity index is 0. The van der Waals surface area contributed by atoms with Crippen LogP contribution in [0.2, 0.25) is 0 Å². The molecule has 1 aliphatic heterocycles. The standard InChI is InChI=1S/C5H10O.C5H12O.FH/c1-2-4-6-5-3-1;1-5(2)3-4-6;/h1-5H2;5-6H,3-4H2,1-2H3;1H. The molecule has 0 bridgehead atoms. The molecule has 0 unspecified atom stereocenters. The van der Waals surface area contributed by atoms with Gasteiger partial charge in [0.15, 0.2) is 0 Å². The summed E-state index contributed by atoms with van der Waals surface area (Å²) in [6.07, 6.45) is 4.86. The summed E-state index contributed by atoms with van der Waals surface area (Å²) in [6.45, 7) is 6.52. The maximum Gasteiger partial charge on any atom is 0.0466 e. The lowest BCUT2D eigenvalue weighted by molar-refractivity contribution is 0.0968. The summed E-state index contributed by atoms with van der Waals surface area (Å²) in [7, 11) is 0. The Labute approximate surface area is 80.7 Å². The Morgan fingerprint density at radius 2 is 1.69 bits per heavy atom. The Bertz CT molecular complexity index is 71.5. The molecule has 1 N–H and O–H groups in total. The minimum atomic E-state index is 0. The number of hydrogen-bond acceptors (Lipinski definition) is 2. The molecule has 0 atom stereocenters. The highest BCUT2D eigenvalue weighted by molar-refractivity contribution is 4.45. The van der Waals surface area contributed by atoms with Gasteiger partial charge < -0.3 is 9.84 Å². The first-order valence-electron chi connectivity index (χ1n) is 4.96. The third-order valence-electron chi connectivity index (χ3n) is 1.78. The quantitative estimate of drug-likeness (QED) is 0.731. The minimum Gasteiger partial charge on any atom is -0.396 e. The van der Waals surface area contributed by atoms with Gasteiger partial charge in [0, 0.05) is 19.8 Å². The molecular formula is C10H23FO2. The van der Waals surface area contributed by atoms with E-state index in [-0.39, 0.29) is 4.70 Å². The molecule has 0 aromatic carbocycles. The first-order valence-corrected chi connectivity index (χ1v) is 4.96. The topological polar surface area (TPSA) is 29.5 Å². The number of hydrogen-bond donors (Lipinski definition) is 1. The maximum atomic E-state index is 8.24. The van der Waals surface area contributed by atoms with Crippen LogP contribution in [0.1, 0.15) is 39.5 Å². The lowest BCUT2D eigenvalue weighted by Crippen LogP contribution is -2.03. The second kappa shape index (κ2) is 11.8. The van der Waals surface area contributed by atoms with Crippen molar-refractivity contribution in [3.05, 3.63) is 0 Å². The molecule has 1 saturated heterocycles. The highest BCUT2D eigenvalue weighted by Crippen LogP contribution is 2.02. The zero-order valence-corrected chi connectivity index (χ0v) is 8.79.